The summed E-state index contributed by atoms with van der Waals surface area (Å²) in [5.74, 6) is 0.123. The van der Waals surface area contributed by atoms with Gasteiger partial charge in [-0.05, 0) is 45.7 Å². The Morgan fingerprint density at radius 2 is 2.00 bits per heavy atom. The highest BCUT2D eigenvalue weighted by Crippen LogP contribution is 2.23. The molecular formula is C16H24N2O. The van der Waals surface area contributed by atoms with Gasteiger partial charge in [-0.2, -0.15) is 0 Å². The van der Waals surface area contributed by atoms with Crippen molar-refractivity contribution in [3.8, 4) is 0 Å². The maximum atomic E-state index is 12.5. The number of piperidine rings is 1. The summed E-state index contributed by atoms with van der Waals surface area (Å²) in [4.78, 5) is 12.5. The van der Waals surface area contributed by atoms with E-state index in [1.54, 1.807) is 0 Å². The van der Waals surface area contributed by atoms with Crippen LogP contribution in [-0.4, -0.2) is 24.5 Å². The molecule has 1 aromatic carbocycles. The molecule has 0 aliphatic carbocycles. The minimum Gasteiger partial charge on any atom is -0.353 e. The lowest BCUT2D eigenvalue weighted by Gasteiger charge is -2.32. The number of carbonyl (C=O) groups excluding carboxylic acids is 1. The van der Waals surface area contributed by atoms with E-state index >= 15 is 0 Å². The molecule has 2 unspecified atom stereocenters. The molecule has 0 spiro atoms. The van der Waals surface area contributed by atoms with Crippen molar-refractivity contribution < 1.29 is 4.79 Å². The first-order chi connectivity index (χ1) is 9.00. The van der Waals surface area contributed by atoms with E-state index in [-0.39, 0.29) is 5.91 Å². The second kappa shape index (κ2) is 5.74. The van der Waals surface area contributed by atoms with Crippen LogP contribution < -0.4 is 10.6 Å². The molecule has 1 fully saturated rings. The molecule has 1 amide bonds. The quantitative estimate of drug-likeness (QED) is 0.875. The summed E-state index contributed by atoms with van der Waals surface area (Å²) in [7, 11) is 0. The maximum absolute atomic E-state index is 12.5. The molecule has 2 rings (SSSR count). The average Bonchev–Trinajstić information content (AvgIpc) is 2.39. The molecule has 2 atom stereocenters. The Morgan fingerprint density at radius 1 is 1.32 bits per heavy atom. The number of benzene rings is 1. The van der Waals surface area contributed by atoms with Gasteiger partial charge in [-0.15, -0.1) is 0 Å². The largest absolute Gasteiger partial charge is 0.353 e. The third-order valence-corrected chi connectivity index (χ3v) is 4.02. The van der Waals surface area contributed by atoms with Crippen molar-refractivity contribution in [2.45, 2.75) is 51.1 Å². The molecule has 1 saturated heterocycles. The lowest BCUT2D eigenvalue weighted by molar-refractivity contribution is -0.126. The predicted molar refractivity (Wildman–Crippen MR) is 78.1 cm³/mol. The van der Waals surface area contributed by atoms with E-state index in [9.17, 15) is 4.79 Å². The Balaban J connectivity index is 2.02. The highest BCUT2D eigenvalue weighted by molar-refractivity contribution is 5.87. The molecular weight excluding hydrogens is 236 g/mol. The van der Waals surface area contributed by atoms with Crippen LogP contribution in [0.2, 0.25) is 0 Å². The lowest BCUT2D eigenvalue weighted by atomic mass is 9.83. The number of hydrogen-bond donors (Lipinski definition) is 2. The Morgan fingerprint density at radius 3 is 2.63 bits per heavy atom. The van der Waals surface area contributed by atoms with Gasteiger partial charge in [0.05, 0.1) is 5.41 Å². The highest BCUT2D eigenvalue weighted by atomic mass is 16.2. The molecule has 1 aliphatic heterocycles. The SMILES string of the molecule is CC1CC(NC(=O)C(C)(C)c2ccccc2)CCN1. The zero-order valence-corrected chi connectivity index (χ0v) is 12.1. The van der Waals surface area contributed by atoms with E-state index in [1.807, 2.05) is 44.2 Å². The number of amides is 1. The molecule has 3 nitrogen and oxygen atoms in total. The lowest BCUT2D eigenvalue weighted by Crippen LogP contribution is -2.50. The van der Waals surface area contributed by atoms with Crippen molar-refractivity contribution in [3.05, 3.63) is 35.9 Å². The number of nitrogens with one attached hydrogen (secondary N) is 2. The summed E-state index contributed by atoms with van der Waals surface area (Å²) < 4.78 is 0. The monoisotopic (exact) mass is 260 g/mol. The van der Waals surface area contributed by atoms with E-state index in [0.29, 0.717) is 12.1 Å². The molecule has 0 bridgehead atoms. The first kappa shape index (κ1) is 14.1. The summed E-state index contributed by atoms with van der Waals surface area (Å²) in [6.45, 7) is 7.13. The van der Waals surface area contributed by atoms with Gasteiger partial charge in [-0.25, -0.2) is 0 Å². The van der Waals surface area contributed by atoms with Crippen molar-refractivity contribution in [1.82, 2.24) is 10.6 Å². The van der Waals surface area contributed by atoms with Crippen LogP contribution in [0.15, 0.2) is 30.3 Å². The maximum Gasteiger partial charge on any atom is 0.230 e. The summed E-state index contributed by atoms with van der Waals surface area (Å²) in [6, 6.07) is 10.8. The Kier molecular flexibility index (Phi) is 4.25. The highest BCUT2D eigenvalue weighted by Gasteiger charge is 2.31. The molecule has 3 heteroatoms. The van der Waals surface area contributed by atoms with Crippen LogP contribution in [0.1, 0.15) is 39.2 Å². The van der Waals surface area contributed by atoms with Crippen LogP contribution in [0.5, 0.6) is 0 Å². The van der Waals surface area contributed by atoms with E-state index in [4.69, 9.17) is 0 Å². The van der Waals surface area contributed by atoms with Crippen LogP contribution in [0.3, 0.4) is 0 Å². The fourth-order valence-corrected chi connectivity index (χ4v) is 2.61. The fourth-order valence-electron chi connectivity index (χ4n) is 2.61. The van der Waals surface area contributed by atoms with Crippen LogP contribution in [0.4, 0.5) is 0 Å². The van der Waals surface area contributed by atoms with Gasteiger partial charge in [0.25, 0.3) is 0 Å². The third-order valence-electron chi connectivity index (χ3n) is 4.02. The normalized spacial score (nSPS) is 23.9. The van der Waals surface area contributed by atoms with Gasteiger partial charge in [0.15, 0.2) is 0 Å². The molecule has 0 radical (unpaired) electrons. The van der Waals surface area contributed by atoms with Crippen molar-refractivity contribution in [2.24, 2.45) is 0 Å². The van der Waals surface area contributed by atoms with Gasteiger partial charge >= 0.3 is 0 Å². The molecule has 1 heterocycles. The molecule has 0 aromatic heterocycles. The average molecular weight is 260 g/mol. The van der Waals surface area contributed by atoms with Crippen molar-refractivity contribution in [2.75, 3.05) is 6.54 Å². The fraction of sp³-hybridized carbons (Fsp3) is 0.562. The van der Waals surface area contributed by atoms with Gasteiger partial charge in [0.1, 0.15) is 0 Å². The van der Waals surface area contributed by atoms with Gasteiger partial charge < -0.3 is 10.6 Å². The van der Waals surface area contributed by atoms with Crippen molar-refractivity contribution >= 4 is 5.91 Å². The molecule has 0 saturated carbocycles. The Bertz CT molecular complexity index is 428. The summed E-state index contributed by atoms with van der Waals surface area (Å²) in [6.07, 6.45) is 2.03. The van der Waals surface area contributed by atoms with Crippen LogP contribution in [-0.2, 0) is 10.2 Å². The molecule has 19 heavy (non-hydrogen) atoms. The molecule has 1 aliphatic rings. The minimum absolute atomic E-state index is 0.123. The predicted octanol–water partition coefficient (Wildman–Crippen LogP) is 2.22. The summed E-state index contributed by atoms with van der Waals surface area (Å²) >= 11 is 0. The minimum atomic E-state index is -0.477. The molecule has 104 valence electrons. The standard InChI is InChI=1S/C16H24N2O/c1-12-11-14(9-10-17-12)18-15(19)16(2,3)13-7-5-4-6-8-13/h4-8,12,14,17H,9-11H2,1-3H3,(H,18,19). The number of carbonyl (C=O) groups is 1. The second-order valence-corrected chi connectivity index (χ2v) is 6.04. The van der Waals surface area contributed by atoms with Gasteiger partial charge in [0.2, 0.25) is 5.91 Å². The summed E-state index contributed by atoms with van der Waals surface area (Å²) in [5.41, 5.74) is 0.588. The van der Waals surface area contributed by atoms with Gasteiger partial charge in [0, 0.05) is 12.1 Å². The topological polar surface area (TPSA) is 41.1 Å². The molecule has 2 N–H and O–H groups in total. The smallest absolute Gasteiger partial charge is 0.230 e. The zero-order chi connectivity index (χ0) is 13.9. The van der Waals surface area contributed by atoms with Crippen LogP contribution >= 0.6 is 0 Å². The first-order valence-corrected chi connectivity index (χ1v) is 7.10. The first-order valence-electron chi connectivity index (χ1n) is 7.10. The number of rotatable bonds is 3. The van der Waals surface area contributed by atoms with E-state index in [0.717, 1.165) is 24.9 Å². The Hall–Kier alpha value is -1.35. The van der Waals surface area contributed by atoms with E-state index in [1.165, 1.54) is 0 Å². The van der Waals surface area contributed by atoms with Gasteiger partial charge in [-0.3, -0.25) is 4.79 Å². The van der Waals surface area contributed by atoms with E-state index < -0.39 is 5.41 Å². The molecule has 1 aromatic rings. The Labute approximate surface area is 115 Å². The zero-order valence-electron chi connectivity index (χ0n) is 12.1. The number of hydrogen-bond acceptors (Lipinski definition) is 2. The third kappa shape index (κ3) is 3.35. The van der Waals surface area contributed by atoms with Crippen molar-refractivity contribution in [3.63, 3.8) is 0 Å². The van der Waals surface area contributed by atoms with Crippen LogP contribution in [0.25, 0.3) is 0 Å². The second-order valence-electron chi connectivity index (χ2n) is 6.04. The van der Waals surface area contributed by atoms with Crippen molar-refractivity contribution in [1.29, 1.82) is 0 Å². The van der Waals surface area contributed by atoms with E-state index in [2.05, 4.69) is 17.6 Å². The summed E-state index contributed by atoms with van der Waals surface area (Å²) in [5, 5.41) is 6.61. The van der Waals surface area contributed by atoms with Crippen LogP contribution in [0, 0.1) is 0 Å². The van der Waals surface area contributed by atoms with Gasteiger partial charge in [-0.1, -0.05) is 30.3 Å².